The first kappa shape index (κ1) is 74.2. The predicted molar refractivity (Wildman–Crippen MR) is 298 cm³/mol. The van der Waals surface area contributed by atoms with Crippen LogP contribution in [0.3, 0.4) is 0 Å². The number of hydrogen-bond donors (Lipinski definition) is 9. The van der Waals surface area contributed by atoms with Crippen molar-refractivity contribution in [3.63, 3.8) is 0 Å². The third kappa shape index (κ3) is 24.2. The highest BCUT2D eigenvalue weighted by atomic mass is 19.4. The average Bonchev–Trinajstić information content (AvgIpc) is 1.39. The Kier molecular flexibility index (Phi) is 28.4. The minimum absolute atomic E-state index is 0.159. The average molecular weight is 1280 g/mol. The number of aliphatic hydroxyl groups excluding tert-OH is 1. The van der Waals surface area contributed by atoms with Crippen molar-refractivity contribution in [1.82, 2.24) is 0 Å². The molecule has 1 aliphatic carbocycles. The Labute approximate surface area is 500 Å². The van der Waals surface area contributed by atoms with Crippen LogP contribution in [0.1, 0.15) is 42.4 Å². The lowest BCUT2D eigenvalue weighted by Gasteiger charge is -2.48. The minimum Gasteiger partial charge on any atom is -0.475 e. The molecule has 2 aliphatic rings. The number of hydrogen-bond acceptors (Lipinski definition) is 14. The number of halogens is 12. The molecule has 0 aromatic heterocycles. The fourth-order valence-electron chi connectivity index (χ4n) is 9.15. The Hall–Kier alpha value is -7.26. The normalized spacial score (nSPS) is 22.0. The number of rotatable bonds is 18. The molecule has 0 bridgehead atoms. The van der Waals surface area contributed by atoms with E-state index in [1.807, 2.05) is 6.07 Å². The predicted octanol–water partition coefficient (Wildman–Crippen LogP) is 8.85. The molecule has 18 nitrogen and oxygen atoms in total. The highest BCUT2D eigenvalue weighted by molar-refractivity contribution is 5.84. The Morgan fingerprint density at radius 1 is 0.449 bits per heavy atom. The van der Waals surface area contributed by atoms with Crippen molar-refractivity contribution in [3.8, 4) is 0 Å². The number of benzene rings is 6. The summed E-state index contributed by atoms with van der Waals surface area (Å²) in [6, 6.07) is 42.9. The summed E-state index contributed by atoms with van der Waals surface area (Å²) in [7, 11) is 0. The molecular formula is C59H66F12N4O14. The van der Waals surface area contributed by atoms with Crippen LogP contribution in [0.4, 0.5) is 52.7 Å². The van der Waals surface area contributed by atoms with E-state index in [-0.39, 0.29) is 6.54 Å². The maximum atomic E-state index is 11.7. The summed E-state index contributed by atoms with van der Waals surface area (Å²) in [5.74, 6) is -11.0. The molecule has 1 saturated heterocycles. The maximum absolute atomic E-state index is 11.7. The third-order valence-electron chi connectivity index (χ3n) is 13.4. The summed E-state index contributed by atoms with van der Waals surface area (Å²) in [6.07, 6.45) is -20.3. The van der Waals surface area contributed by atoms with Crippen LogP contribution < -0.4 is 22.9 Å². The summed E-state index contributed by atoms with van der Waals surface area (Å²) in [5.41, 5.74) is 30.3. The summed E-state index contributed by atoms with van der Waals surface area (Å²) in [5, 5.41) is 47.5. The van der Waals surface area contributed by atoms with Crippen LogP contribution in [-0.4, -0.2) is 162 Å². The molecule has 0 amide bonds. The van der Waals surface area contributed by atoms with E-state index in [1.165, 1.54) is 49.0 Å². The van der Waals surface area contributed by atoms with Gasteiger partial charge in [-0.3, -0.25) is 0 Å². The molecule has 0 radical (unpaired) electrons. The molecule has 8 rings (SSSR count). The van der Waals surface area contributed by atoms with Gasteiger partial charge in [0.1, 0.15) is 36.6 Å². The van der Waals surface area contributed by atoms with Gasteiger partial charge >= 0.3 is 48.6 Å². The van der Waals surface area contributed by atoms with Crippen molar-refractivity contribution >= 4 is 56.2 Å². The van der Waals surface area contributed by atoms with Gasteiger partial charge in [0.05, 0.1) is 6.04 Å². The van der Waals surface area contributed by atoms with Crippen molar-refractivity contribution in [3.05, 3.63) is 144 Å². The molecule has 89 heavy (non-hydrogen) atoms. The molecule has 2 fully saturated rings. The number of alkyl halides is 12. The van der Waals surface area contributed by atoms with Crippen LogP contribution in [0, 0.1) is 0 Å². The molecule has 490 valence electrons. The molecule has 6 aromatic carbocycles. The van der Waals surface area contributed by atoms with Crippen LogP contribution in [0.25, 0.3) is 32.3 Å². The number of nitrogens with two attached hydrogens (primary N) is 4. The lowest BCUT2D eigenvalue weighted by atomic mass is 9.84. The van der Waals surface area contributed by atoms with Gasteiger partial charge in [-0.25, -0.2) is 19.2 Å². The van der Waals surface area contributed by atoms with E-state index in [9.17, 15) is 57.8 Å². The molecule has 1 aliphatic heterocycles. The van der Waals surface area contributed by atoms with Gasteiger partial charge in [-0.05, 0) is 94.0 Å². The van der Waals surface area contributed by atoms with Gasteiger partial charge in [0.2, 0.25) is 0 Å². The number of aliphatic hydroxyl groups is 1. The molecule has 6 aromatic rings. The molecule has 30 heteroatoms. The summed E-state index contributed by atoms with van der Waals surface area (Å²) in [4.78, 5) is 35.6. The topological polar surface area (TPSA) is 320 Å². The number of carboxylic acids is 4. The molecule has 1 saturated carbocycles. The second-order valence-corrected chi connectivity index (χ2v) is 20.1. The maximum Gasteiger partial charge on any atom is 0.490 e. The molecule has 13 N–H and O–H groups in total. The Balaban J connectivity index is 0.000000501. The summed E-state index contributed by atoms with van der Waals surface area (Å²) < 4.78 is 160. The van der Waals surface area contributed by atoms with E-state index >= 15 is 0 Å². The summed E-state index contributed by atoms with van der Waals surface area (Å²) >= 11 is 0. The zero-order valence-electron chi connectivity index (χ0n) is 46.9. The smallest absolute Gasteiger partial charge is 0.475 e. The van der Waals surface area contributed by atoms with E-state index in [0.29, 0.717) is 26.2 Å². The molecule has 1 heterocycles. The van der Waals surface area contributed by atoms with E-state index in [2.05, 4.69) is 121 Å². The highest BCUT2D eigenvalue weighted by Crippen LogP contribution is 2.32. The first-order valence-corrected chi connectivity index (χ1v) is 27.1. The molecule has 0 unspecified atom stereocenters. The SMILES string of the molecule is NC[C@H]1O[C@H](O[C@H]2[C@H](O)[C@@H](OCCCc3ccc4ccccc4c3)[C@H](N)C[C@@H]2N)[C@H](N)[C@@H](OCCCc2ccc3ccccc3c2)[C@@H]1OCCCc1ccc2ccccc2c1.O=C(O)C(F)(F)F.O=C(O)C(F)(F)F.O=C(O)C(F)(F)F.O=C(O)C(F)(F)F. The molecular weight excluding hydrogens is 1220 g/mol. The fourth-order valence-corrected chi connectivity index (χ4v) is 9.15. The Bertz CT molecular complexity index is 3110. The lowest BCUT2D eigenvalue weighted by molar-refractivity contribution is -0.299. The monoisotopic (exact) mass is 1280 g/mol. The van der Waals surface area contributed by atoms with Gasteiger partial charge in [-0.1, -0.05) is 127 Å². The molecule has 0 spiro atoms. The standard InChI is InChI=1S/C51H62N4O6.4C2HF3O2/c52-32-44-49(58-26-8-11-34-20-23-37-14-2-5-17-40(37)29-34)50(59-27-9-12-35-21-24-38-15-3-6-18-41(38)30-35)45(55)51(60-44)61-48-43(54)31-42(53)47(46(48)56)57-25-7-10-33-19-22-36-13-1-4-16-39(36)28-33;4*3-2(4,5)1(6)7/h1-6,13-24,28-30,42-51,56H,7-12,25-27,31-32,52-55H2;4*(H,6,7)/t42-,43+,44-,45-,46-,47+,48-,49-,50-,51-;;;;/m1..../s1. The number of aliphatic carboxylic acids is 4. The van der Waals surface area contributed by atoms with Crippen LogP contribution in [0.15, 0.2) is 127 Å². The van der Waals surface area contributed by atoms with Crippen LogP contribution in [-0.2, 0) is 62.1 Å². The second-order valence-electron chi connectivity index (χ2n) is 20.1. The fraction of sp³-hybridized carbons (Fsp3) is 0.424. The number of aryl methyl sites for hydroxylation is 3. The van der Waals surface area contributed by atoms with Crippen LogP contribution in [0.5, 0.6) is 0 Å². The number of fused-ring (bicyclic) bond motifs is 3. The third-order valence-corrected chi connectivity index (χ3v) is 13.4. The van der Waals surface area contributed by atoms with E-state index in [4.69, 9.17) is 86.2 Å². The Morgan fingerprint density at radius 3 is 1.06 bits per heavy atom. The zero-order chi connectivity index (χ0) is 66.4. The zero-order valence-corrected chi connectivity index (χ0v) is 46.9. The van der Waals surface area contributed by atoms with Crippen molar-refractivity contribution < 1.29 is 121 Å². The van der Waals surface area contributed by atoms with E-state index in [0.717, 1.165) is 38.5 Å². The van der Waals surface area contributed by atoms with Crippen molar-refractivity contribution in [2.45, 2.75) is 131 Å². The number of ether oxygens (including phenoxy) is 5. The van der Waals surface area contributed by atoms with Gasteiger partial charge in [0.25, 0.3) is 0 Å². The van der Waals surface area contributed by atoms with Gasteiger partial charge in [-0.15, -0.1) is 0 Å². The van der Waals surface area contributed by atoms with Crippen LogP contribution >= 0.6 is 0 Å². The second kappa shape index (κ2) is 34.1. The van der Waals surface area contributed by atoms with Crippen molar-refractivity contribution in [2.75, 3.05) is 26.4 Å². The molecule has 10 atom stereocenters. The van der Waals surface area contributed by atoms with Gasteiger partial charge in [0, 0.05) is 38.4 Å². The highest BCUT2D eigenvalue weighted by Gasteiger charge is 2.50. The van der Waals surface area contributed by atoms with Crippen LogP contribution in [0.2, 0.25) is 0 Å². The van der Waals surface area contributed by atoms with E-state index in [1.54, 1.807) is 0 Å². The van der Waals surface area contributed by atoms with Gasteiger partial charge in [0.15, 0.2) is 6.29 Å². The van der Waals surface area contributed by atoms with Crippen molar-refractivity contribution in [2.24, 2.45) is 22.9 Å². The quantitative estimate of drug-likeness (QED) is 0.0286. The number of carbonyl (C=O) groups is 4. The first-order valence-electron chi connectivity index (χ1n) is 27.1. The number of carboxylic acid groups (broad SMARTS) is 4. The summed E-state index contributed by atoms with van der Waals surface area (Å²) in [6.45, 7) is 1.50. The van der Waals surface area contributed by atoms with Gasteiger partial charge < -0.3 is 72.2 Å². The van der Waals surface area contributed by atoms with E-state index < -0.39 is 110 Å². The lowest BCUT2D eigenvalue weighted by Crippen LogP contribution is -2.68. The minimum atomic E-state index is -5.08. The largest absolute Gasteiger partial charge is 0.490 e. The van der Waals surface area contributed by atoms with Gasteiger partial charge in [-0.2, -0.15) is 52.7 Å². The first-order chi connectivity index (χ1) is 41.6. The van der Waals surface area contributed by atoms with Crippen molar-refractivity contribution in [1.29, 1.82) is 0 Å². The Morgan fingerprint density at radius 2 is 0.742 bits per heavy atom.